The first-order chi connectivity index (χ1) is 6.86. The van der Waals surface area contributed by atoms with Gasteiger partial charge >= 0.3 is 0 Å². The molecular formula is C12H20N2O. The monoisotopic (exact) mass is 208 g/mol. The van der Waals surface area contributed by atoms with E-state index in [0.29, 0.717) is 5.69 Å². The molecule has 0 spiro atoms. The molecule has 0 amide bonds. The summed E-state index contributed by atoms with van der Waals surface area (Å²) in [6, 6.07) is 5.44. The summed E-state index contributed by atoms with van der Waals surface area (Å²) in [4.78, 5) is 0. The van der Waals surface area contributed by atoms with Gasteiger partial charge in [0.05, 0.1) is 12.6 Å². The van der Waals surface area contributed by atoms with Crippen molar-refractivity contribution < 1.29 is 5.11 Å². The minimum Gasteiger partial charge on any atom is -0.398 e. The van der Waals surface area contributed by atoms with Gasteiger partial charge in [0.2, 0.25) is 0 Å². The highest BCUT2D eigenvalue weighted by Crippen LogP contribution is 2.27. The second-order valence-electron chi connectivity index (χ2n) is 4.88. The Hall–Kier alpha value is -1.06. The number of benzene rings is 1. The van der Waals surface area contributed by atoms with Crippen LogP contribution < -0.4 is 11.5 Å². The average Bonchev–Trinajstić information content (AvgIpc) is 2.15. The summed E-state index contributed by atoms with van der Waals surface area (Å²) < 4.78 is 0. The number of nitrogens with two attached hydrogens (primary N) is 2. The molecule has 1 atom stereocenters. The molecule has 0 unspecified atom stereocenters. The lowest BCUT2D eigenvalue weighted by Gasteiger charge is -2.22. The predicted octanol–water partition coefficient (Wildman–Crippen LogP) is 1.56. The zero-order chi connectivity index (χ0) is 11.6. The van der Waals surface area contributed by atoms with Crippen molar-refractivity contribution in [1.29, 1.82) is 0 Å². The molecule has 1 aromatic rings. The van der Waals surface area contributed by atoms with Gasteiger partial charge < -0.3 is 16.6 Å². The molecule has 0 aliphatic rings. The number of aliphatic hydroxyl groups is 1. The molecule has 84 valence electrons. The summed E-state index contributed by atoms with van der Waals surface area (Å²) in [5.41, 5.74) is 14.3. The highest BCUT2D eigenvalue weighted by Gasteiger charge is 2.16. The van der Waals surface area contributed by atoms with Crippen molar-refractivity contribution >= 4 is 5.69 Å². The van der Waals surface area contributed by atoms with Crippen molar-refractivity contribution in [3.8, 4) is 0 Å². The number of anilines is 1. The zero-order valence-electron chi connectivity index (χ0n) is 9.62. The van der Waals surface area contributed by atoms with E-state index in [1.807, 2.05) is 18.2 Å². The summed E-state index contributed by atoms with van der Waals surface area (Å²) in [5, 5.41) is 9.03. The second kappa shape index (κ2) is 4.21. The predicted molar refractivity (Wildman–Crippen MR) is 63.6 cm³/mol. The number of aliphatic hydroxyl groups excluding tert-OH is 1. The summed E-state index contributed by atoms with van der Waals surface area (Å²) in [6.07, 6.45) is 0. The smallest absolute Gasteiger partial charge is 0.0625 e. The standard InChI is InChI=1S/C12H20N2O/c1-12(2,3)8-4-5-10(13)9(6-8)11(14)7-15/h4-6,11,15H,7,13-14H2,1-3H3/t11-/m0/s1. The van der Waals surface area contributed by atoms with Crippen molar-refractivity contribution in [2.75, 3.05) is 12.3 Å². The van der Waals surface area contributed by atoms with Crippen LogP contribution in [0.2, 0.25) is 0 Å². The maximum Gasteiger partial charge on any atom is 0.0625 e. The van der Waals surface area contributed by atoms with Crippen LogP contribution in [0, 0.1) is 0 Å². The minimum absolute atomic E-state index is 0.0671. The first kappa shape index (κ1) is 12.0. The van der Waals surface area contributed by atoms with Gasteiger partial charge in [0, 0.05) is 5.69 Å². The topological polar surface area (TPSA) is 72.3 Å². The van der Waals surface area contributed by atoms with Gasteiger partial charge in [-0.1, -0.05) is 32.9 Å². The van der Waals surface area contributed by atoms with Gasteiger partial charge in [0.25, 0.3) is 0 Å². The summed E-state index contributed by atoms with van der Waals surface area (Å²) >= 11 is 0. The van der Waals surface area contributed by atoms with Crippen molar-refractivity contribution in [1.82, 2.24) is 0 Å². The zero-order valence-corrected chi connectivity index (χ0v) is 9.62. The SMILES string of the molecule is CC(C)(C)c1ccc(N)c([C@@H](N)CO)c1. The quantitative estimate of drug-likeness (QED) is 0.646. The van der Waals surface area contributed by atoms with E-state index < -0.39 is 6.04 Å². The molecular weight excluding hydrogens is 188 g/mol. The summed E-state index contributed by atoms with van der Waals surface area (Å²) in [7, 11) is 0. The third kappa shape index (κ3) is 2.70. The van der Waals surface area contributed by atoms with E-state index >= 15 is 0 Å². The highest BCUT2D eigenvalue weighted by atomic mass is 16.3. The molecule has 0 aliphatic carbocycles. The molecule has 0 saturated carbocycles. The van der Waals surface area contributed by atoms with Gasteiger partial charge in [-0.2, -0.15) is 0 Å². The van der Waals surface area contributed by atoms with Gasteiger partial charge in [-0.25, -0.2) is 0 Å². The van der Waals surface area contributed by atoms with Gasteiger partial charge in [-0.3, -0.25) is 0 Å². The Labute approximate surface area is 91.1 Å². The van der Waals surface area contributed by atoms with E-state index in [1.165, 1.54) is 5.56 Å². The fourth-order valence-corrected chi connectivity index (χ4v) is 1.46. The summed E-state index contributed by atoms with van der Waals surface area (Å²) in [5.74, 6) is 0. The van der Waals surface area contributed by atoms with Crippen LogP contribution in [0.1, 0.15) is 37.9 Å². The van der Waals surface area contributed by atoms with Crippen LogP contribution in [0.25, 0.3) is 0 Å². The fraction of sp³-hybridized carbons (Fsp3) is 0.500. The normalized spacial score (nSPS) is 13.9. The van der Waals surface area contributed by atoms with Gasteiger partial charge in [-0.15, -0.1) is 0 Å². The molecule has 3 nitrogen and oxygen atoms in total. The van der Waals surface area contributed by atoms with Crippen molar-refractivity contribution in [3.05, 3.63) is 29.3 Å². The molecule has 1 rings (SSSR count). The van der Waals surface area contributed by atoms with Crippen LogP contribution in [0.5, 0.6) is 0 Å². The first-order valence-corrected chi connectivity index (χ1v) is 5.12. The Morgan fingerprint density at radius 3 is 2.40 bits per heavy atom. The van der Waals surface area contributed by atoms with Crippen LogP contribution >= 0.6 is 0 Å². The molecule has 0 radical (unpaired) electrons. The minimum atomic E-state index is -0.396. The molecule has 0 aliphatic heterocycles. The molecule has 15 heavy (non-hydrogen) atoms. The Morgan fingerprint density at radius 2 is 1.93 bits per heavy atom. The van der Waals surface area contributed by atoms with E-state index in [-0.39, 0.29) is 12.0 Å². The van der Waals surface area contributed by atoms with E-state index in [1.54, 1.807) is 0 Å². The lowest BCUT2D eigenvalue weighted by Crippen LogP contribution is -2.18. The van der Waals surface area contributed by atoms with E-state index in [4.69, 9.17) is 16.6 Å². The van der Waals surface area contributed by atoms with Crippen LogP contribution in [-0.4, -0.2) is 11.7 Å². The maximum absolute atomic E-state index is 9.03. The molecule has 0 aromatic heterocycles. The van der Waals surface area contributed by atoms with Crippen LogP contribution in [-0.2, 0) is 5.41 Å². The third-order valence-electron chi connectivity index (χ3n) is 2.55. The van der Waals surface area contributed by atoms with Gasteiger partial charge in [0.15, 0.2) is 0 Å². The Balaban J connectivity index is 3.17. The largest absolute Gasteiger partial charge is 0.398 e. The molecule has 1 aromatic carbocycles. The van der Waals surface area contributed by atoms with Crippen molar-refractivity contribution in [2.24, 2.45) is 5.73 Å². The number of rotatable bonds is 2. The molecule has 5 N–H and O–H groups in total. The van der Waals surface area contributed by atoms with Crippen molar-refractivity contribution in [2.45, 2.75) is 32.2 Å². The third-order valence-corrected chi connectivity index (χ3v) is 2.55. The van der Waals surface area contributed by atoms with Crippen LogP contribution in [0.3, 0.4) is 0 Å². The molecule has 0 heterocycles. The van der Waals surface area contributed by atoms with E-state index in [2.05, 4.69) is 20.8 Å². The van der Waals surface area contributed by atoms with Crippen LogP contribution in [0.4, 0.5) is 5.69 Å². The van der Waals surface area contributed by atoms with E-state index in [0.717, 1.165) is 5.56 Å². The number of hydrogen-bond acceptors (Lipinski definition) is 3. The fourth-order valence-electron chi connectivity index (χ4n) is 1.46. The van der Waals surface area contributed by atoms with Gasteiger partial charge in [-0.05, 0) is 22.6 Å². The maximum atomic E-state index is 9.03. The van der Waals surface area contributed by atoms with Crippen molar-refractivity contribution in [3.63, 3.8) is 0 Å². The van der Waals surface area contributed by atoms with E-state index in [9.17, 15) is 0 Å². The number of hydrogen-bond donors (Lipinski definition) is 3. The average molecular weight is 208 g/mol. The second-order valence-corrected chi connectivity index (χ2v) is 4.88. The van der Waals surface area contributed by atoms with Gasteiger partial charge in [0.1, 0.15) is 0 Å². The molecule has 0 saturated heterocycles. The lowest BCUT2D eigenvalue weighted by molar-refractivity contribution is 0.268. The Morgan fingerprint density at radius 1 is 1.33 bits per heavy atom. The lowest BCUT2D eigenvalue weighted by atomic mass is 9.85. The number of nitrogen functional groups attached to an aromatic ring is 1. The van der Waals surface area contributed by atoms with Crippen LogP contribution in [0.15, 0.2) is 18.2 Å². The Bertz CT molecular complexity index is 342. The highest BCUT2D eigenvalue weighted by molar-refractivity contribution is 5.51. The molecule has 0 fully saturated rings. The Kier molecular flexibility index (Phi) is 3.37. The molecule has 0 bridgehead atoms. The summed E-state index contributed by atoms with van der Waals surface area (Å²) in [6.45, 7) is 6.31. The first-order valence-electron chi connectivity index (χ1n) is 5.12. The molecule has 3 heteroatoms.